The lowest BCUT2D eigenvalue weighted by molar-refractivity contribution is -0.153. The summed E-state index contributed by atoms with van der Waals surface area (Å²) in [7, 11) is 0. The fourth-order valence-corrected chi connectivity index (χ4v) is 4.33. The molecule has 120 valence electrons. The predicted octanol–water partition coefficient (Wildman–Crippen LogP) is 3.42. The number of piperidine rings is 1. The molecule has 1 saturated heterocycles. The zero-order valence-electron chi connectivity index (χ0n) is 13.3. The highest BCUT2D eigenvalue weighted by molar-refractivity contribution is 5.98. The van der Waals surface area contributed by atoms with E-state index in [0.717, 1.165) is 31.2 Å². The van der Waals surface area contributed by atoms with Gasteiger partial charge >= 0.3 is 0 Å². The van der Waals surface area contributed by atoms with Crippen LogP contribution in [0.4, 0.5) is 0 Å². The average Bonchev–Trinajstić information content (AvgIpc) is 3.14. The number of aromatic nitrogens is 1. The Bertz CT molecular complexity index is 736. The molecule has 1 aromatic carbocycles. The number of nitrogens with one attached hydrogen (secondary N) is 1. The highest BCUT2D eigenvalue weighted by atomic mass is 16.2. The molecule has 2 heterocycles. The van der Waals surface area contributed by atoms with Crippen LogP contribution in [0, 0.1) is 5.41 Å². The molecule has 4 rings (SSSR count). The molecule has 1 aliphatic carbocycles. The van der Waals surface area contributed by atoms with E-state index >= 15 is 0 Å². The molecule has 2 amide bonds. The van der Waals surface area contributed by atoms with E-state index in [1.54, 1.807) is 0 Å². The third-order valence-corrected chi connectivity index (χ3v) is 5.60. The molecule has 1 saturated carbocycles. The number of aromatic amines is 1. The fraction of sp³-hybridized carbons (Fsp3) is 0.474. The second kappa shape index (κ2) is 5.52. The number of fused-ring (bicyclic) bond motifs is 1. The molecule has 23 heavy (non-hydrogen) atoms. The molecule has 0 atom stereocenters. The van der Waals surface area contributed by atoms with Crippen molar-refractivity contribution in [1.82, 2.24) is 9.88 Å². The Labute approximate surface area is 135 Å². The molecule has 1 N–H and O–H groups in total. The van der Waals surface area contributed by atoms with Crippen molar-refractivity contribution in [3.05, 3.63) is 36.0 Å². The van der Waals surface area contributed by atoms with Crippen molar-refractivity contribution in [1.29, 1.82) is 0 Å². The van der Waals surface area contributed by atoms with Crippen LogP contribution in [-0.2, 0) is 16.0 Å². The summed E-state index contributed by atoms with van der Waals surface area (Å²) < 4.78 is 0. The van der Waals surface area contributed by atoms with Gasteiger partial charge in [0.25, 0.3) is 0 Å². The van der Waals surface area contributed by atoms with Crippen LogP contribution in [0.2, 0.25) is 0 Å². The second-order valence-electron chi connectivity index (χ2n) is 7.11. The van der Waals surface area contributed by atoms with Crippen molar-refractivity contribution >= 4 is 22.7 Å². The summed E-state index contributed by atoms with van der Waals surface area (Å²) in [6, 6.07) is 8.14. The van der Waals surface area contributed by atoms with Crippen molar-refractivity contribution in [3.8, 4) is 0 Å². The van der Waals surface area contributed by atoms with Crippen molar-refractivity contribution in [2.45, 2.75) is 44.9 Å². The fourth-order valence-electron chi connectivity index (χ4n) is 4.33. The van der Waals surface area contributed by atoms with Crippen LogP contribution in [0.15, 0.2) is 30.5 Å². The van der Waals surface area contributed by atoms with Gasteiger partial charge in [0.05, 0.1) is 0 Å². The first-order chi connectivity index (χ1) is 11.2. The molecule has 0 radical (unpaired) electrons. The number of amides is 2. The molecule has 0 bridgehead atoms. The molecule has 0 unspecified atom stereocenters. The van der Waals surface area contributed by atoms with Gasteiger partial charge in [-0.2, -0.15) is 0 Å². The topological polar surface area (TPSA) is 53.2 Å². The molecule has 4 heteroatoms. The summed E-state index contributed by atoms with van der Waals surface area (Å²) in [5.74, 6) is 0.0611. The van der Waals surface area contributed by atoms with Crippen molar-refractivity contribution in [3.63, 3.8) is 0 Å². The van der Waals surface area contributed by atoms with Crippen molar-refractivity contribution in [2.75, 3.05) is 6.54 Å². The first-order valence-corrected chi connectivity index (χ1v) is 8.55. The maximum atomic E-state index is 12.5. The quantitative estimate of drug-likeness (QED) is 0.883. The van der Waals surface area contributed by atoms with Gasteiger partial charge in [-0.1, -0.05) is 31.0 Å². The van der Waals surface area contributed by atoms with Gasteiger partial charge < -0.3 is 4.98 Å². The number of H-pyrrole nitrogens is 1. The van der Waals surface area contributed by atoms with Crippen LogP contribution in [0.1, 0.15) is 44.1 Å². The number of rotatable bonds is 3. The van der Waals surface area contributed by atoms with E-state index in [1.807, 2.05) is 24.4 Å². The monoisotopic (exact) mass is 310 g/mol. The van der Waals surface area contributed by atoms with E-state index in [1.165, 1.54) is 15.8 Å². The highest BCUT2D eigenvalue weighted by Crippen LogP contribution is 2.46. The molecule has 1 spiro atoms. The van der Waals surface area contributed by atoms with Gasteiger partial charge in [-0.3, -0.25) is 14.5 Å². The SMILES string of the molecule is O=C1CC2(CCCC2)CC(=O)N1CCc1c[nH]c2ccccc12. The van der Waals surface area contributed by atoms with Gasteiger partial charge in [-0.25, -0.2) is 0 Å². The summed E-state index contributed by atoms with van der Waals surface area (Å²) in [4.78, 5) is 29.7. The van der Waals surface area contributed by atoms with Crippen LogP contribution in [0.5, 0.6) is 0 Å². The van der Waals surface area contributed by atoms with Gasteiger partial charge in [0.1, 0.15) is 0 Å². The van der Waals surface area contributed by atoms with E-state index in [4.69, 9.17) is 0 Å². The number of carbonyl (C=O) groups is 2. The summed E-state index contributed by atoms with van der Waals surface area (Å²) in [5, 5.41) is 1.18. The molecular weight excluding hydrogens is 288 g/mol. The van der Waals surface area contributed by atoms with Crippen LogP contribution in [-0.4, -0.2) is 28.2 Å². The molecule has 2 fully saturated rings. The Hall–Kier alpha value is -2.10. The molecule has 2 aromatic rings. The van der Waals surface area contributed by atoms with Crippen LogP contribution >= 0.6 is 0 Å². The lowest BCUT2D eigenvalue weighted by atomic mass is 9.76. The Morgan fingerprint density at radius 2 is 1.74 bits per heavy atom. The Kier molecular flexibility index (Phi) is 3.47. The third-order valence-electron chi connectivity index (χ3n) is 5.60. The summed E-state index contributed by atoms with van der Waals surface area (Å²) >= 11 is 0. The zero-order valence-corrected chi connectivity index (χ0v) is 13.3. The smallest absolute Gasteiger partial charge is 0.229 e. The standard InChI is InChI=1S/C19H22N2O2/c22-17-11-19(8-3-4-9-19)12-18(23)21(17)10-7-14-13-20-16-6-2-1-5-15(14)16/h1-2,5-6,13,20H,3-4,7-12H2. The molecule has 4 nitrogen and oxygen atoms in total. The minimum Gasteiger partial charge on any atom is -0.361 e. The maximum Gasteiger partial charge on any atom is 0.229 e. The maximum absolute atomic E-state index is 12.5. The number of carbonyl (C=O) groups excluding carboxylic acids is 2. The zero-order chi connectivity index (χ0) is 15.9. The van der Waals surface area contributed by atoms with E-state index in [-0.39, 0.29) is 17.2 Å². The number of imide groups is 1. The van der Waals surface area contributed by atoms with Gasteiger partial charge in [-0.05, 0) is 36.3 Å². The second-order valence-corrected chi connectivity index (χ2v) is 7.11. The number of nitrogens with zero attached hydrogens (tertiary/aromatic N) is 1. The highest BCUT2D eigenvalue weighted by Gasteiger charge is 2.44. The van der Waals surface area contributed by atoms with Gasteiger partial charge in [0.2, 0.25) is 11.8 Å². The first-order valence-electron chi connectivity index (χ1n) is 8.55. The summed E-state index contributed by atoms with van der Waals surface area (Å²) in [5.41, 5.74) is 2.26. The Morgan fingerprint density at radius 3 is 2.48 bits per heavy atom. The number of para-hydroxylation sites is 1. The largest absolute Gasteiger partial charge is 0.361 e. The van der Waals surface area contributed by atoms with Gasteiger partial charge in [0, 0.05) is 36.5 Å². The van der Waals surface area contributed by atoms with E-state index in [0.29, 0.717) is 25.8 Å². The molecule has 2 aliphatic rings. The predicted molar refractivity (Wildman–Crippen MR) is 88.9 cm³/mol. The van der Waals surface area contributed by atoms with E-state index in [9.17, 15) is 9.59 Å². The van der Waals surface area contributed by atoms with E-state index < -0.39 is 0 Å². The van der Waals surface area contributed by atoms with Crippen molar-refractivity contribution in [2.24, 2.45) is 5.41 Å². The van der Waals surface area contributed by atoms with Crippen molar-refractivity contribution < 1.29 is 9.59 Å². The summed E-state index contributed by atoms with van der Waals surface area (Å²) in [6.07, 6.45) is 8.24. The Balaban J connectivity index is 1.47. The molecule has 1 aliphatic heterocycles. The van der Waals surface area contributed by atoms with Crippen LogP contribution < -0.4 is 0 Å². The molecule has 1 aromatic heterocycles. The summed E-state index contributed by atoms with van der Waals surface area (Å²) in [6.45, 7) is 0.496. The van der Waals surface area contributed by atoms with Crippen LogP contribution in [0.3, 0.4) is 0 Å². The lowest BCUT2D eigenvalue weighted by Gasteiger charge is -2.37. The van der Waals surface area contributed by atoms with Gasteiger partial charge in [0.15, 0.2) is 0 Å². The lowest BCUT2D eigenvalue weighted by Crippen LogP contribution is -2.47. The number of hydrogen-bond acceptors (Lipinski definition) is 2. The minimum atomic E-state index is -0.00848. The minimum absolute atomic E-state index is 0.00848. The third kappa shape index (κ3) is 2.56. The molecular formula is C19H22N2O2. The number of hydrogen-bond donors (Lipinski definition) is 1. The van der Waals surface area contributed by atoms with Gasteiger partial charge in [-0.15, -0.1) is 0 Å². The number of benzene rings is 1. The van der Waals surface area contributed by atoms with E-state index in [2.05, 4.69) is 11.1 Å². The van der Waals surface area contributed by atoms with Crippen LogP contribution in [0.25, 0.3) is 10.9 Å². The normalized spacial score (nSPS) is 20.8. The number of likely N-dealkylation sites (tertiary alicyclic amines) is 1. The first kappa shape index (κ1) is 14.5. The Morgan fingerprint density at radius 1 is 1.04 bits per heavy atom. The average molecular weight is 310 g/mol.